The molecule has 22 aromatic carbocycles. The quantitative estimate of drug-likeness (QED) is 0.106. The van der Waals surface area contributed by atoms with E-state index in [1.54, 1.807) is 0 Å². The maximum atomic E-state index is 6.65. The molecular weight excluding hydrogens is 1800 g/mol. The fraction of sp³-hybridized carbons (Fsp3) is 0.0442. The summed E-state index contributed by atoms with van der Waals surface area (Å²) in [7, 11) is 0. The molecule has 0 bridgehead atoms. The summed E-state index contributed by atoms with van der Waals surface area (Å²) in [5, 5.41) is 27.5. The Balaban J connectivity index is 0.000000111. The van der Waals surface area contributed by atoms with Gasteiger partial charge in [0.15, 0.2) is 5.58 Å². The number of nitrogens with zero attached hydrogens (tertiary/aromatic N) is 2. The van der Waals surface area contributed by atoms with Gasteiger partial charge >= 0.3 is 0 Å². The molecule has 23 rings (SSSR count). The second-order valence-corrected chi connectivity index (χ2v) is 36.0. The zero-order valence-corrected chi connectivity index (χ0v) is 74.7. The summed E-state index contributed by atoms with van der Waals surface area (Å²) in [5.41, 5.74) is 18.4. The van der Waals surface area contributed by atoms with Crippen LogP contribution in [0.5, 0.6) is 0 Å². The SMILES string of the molecule is Brc1c2ccccc2c(Br)c2ccccc12.Brc1ccc2ccc3c(N(c4ccccc4)c4cc(-c5ccccc5)ccc4-c4ccccc4)ccc4ccc1c2c43.Brc1ccc2ccc3c(N(c4ccccc4-c4ccccc4)c4cccc5c4oc4ccccc45)ccc4ccc1c2c43.Cc1c2ccccc2c(Br)c2ccc(C(C)(C)C)cc12. The normalized spacial score (nSPS) is 11.7. The predicted molar refractivity (Wildman–Crippen MR) is 538 cm³/mol. The lowest BCUT2D eigenvalue weighted by Crippen LogP contribution is -2.12. The van der Waals surface area contributed by atoms with E-state index < -0.39 is 0 Å². The van der Waals surface area contributed by atoms with Crippen molar-refractivity contribution in [3.8, 4) is 33.4 Å². The number of aryl methyl sites for hydroxylation is 1. The smallest absolute Gasteiger partial charge is 0.159 e. The van der Waals surface area contributed by atoms with Gasteiger partial charge in [-0.1, -0.05) is 386 Å². The third-order valence-electron chi connectivity index (χ3n) is 23.9. The monoisotopic (exact) mass is 1870 g/mol. The molecule has 1 aromatic heterocycles. The molecule has 3 nitrogen and oxygen atoms in total. The van der Waals surface area contributed by atoms with Crippen molar-refractivity contribution in [1.82, 2.24) is 0 Å². The molecule has 8 heteroatoms. The van der Waals surface area contributed by atoms with Crippen LogP contribution in [0.2, 0.25) is 0 Å². The lowest BCUT2D eigenvalue weighted by atomic mass is 9.85. The number of furan rings is 1. The molecule has 0 aliphatic heterocycles. The molecule has 0 saturated heterocycles. The van der Waals surface area contributed by atoms with E-state index in [4.69, 9.17) is 4.42 Å². The van der Waals surface area contributed by atoms with Crippen LogP contribution in [0.1, 0.15) is 31.9 Å². The van der Waals surface area contributed by atoms with E-state index in [2.05, 4.69) is 505 Å². The molecule has 580 valence electrons. The molecule has 23 aromatic rings. The summed E-state index contributed by atoms with van der Waals surface area (Å²) >= 11 is 18.8. The second kappa shape index (κ2) is 32.4. The molecule has 0 atom stereocenters. The molecule has 1 heterocycles. The standard InChI is InChI=1S/C40H24BrNO.C40H26BrN.C19H19Br.C14H8Br2/c41-33-23-19-26-18-22-32-35(24-20-27-17-21-31(33)38(26)39(27)32)42(34-14-6-4-11-28(34)25-9-2-1-3-10-25)36-15-8-13-30-29-12-5-7-16-37(29)43-40(30)36;41-36-24-19-29-17-23-35-37(25-20-30-16-22-34(36)39(29)40(30)35)42(32-14-8-3-9-15-32)38-26-31(27-10-4-1-5-11-27)18-21-33(38)28-12-6-2-7-13-28;1-12-14-7-5-6-8-15(14)18(20)16-10-9-13(11-17(12)16)19(2,3)4;15-13-9-5-1-2-6-10(9)14(16)12-8-4-3-7-11(12)13/h1-24H;1-26H;5-11H,1-4H3;1-8H. The van der Waals surface area contributed by atoms with Crippen molar-refractivity contribution >= 4 is 243 Å². The first kappa shape index (κ1) is 77.4. The van der Waals surface area contributed by atoms with Gasteiger partial charge in [-0.15, -0.1) is 0 Å². The number of hydrogen-bond acceptors (Lipinski definition) is 3. The first-order valence-corrected chi connectivity index (χ1v) is 44.7. The van der Waals surface area contributed by atoms with Gasteiger partial charge in [0, 0.05) is 60.7 Å². The van der Waals surface area contributed by atoms with Crippen molar-refractivity contribution < 1.29 is 4.42 Å². The van der Waals surface area contributed by atoms with E-state index in [0.717, 1.165) is 70.6 Å². The van der Waals surface area contributed by atoms with Crippen LogP contribution in [0, 0.1) is 6.92 Å². The van der Waals surface area contributed by atoms with Gasteiger partial charge in [-0.25, -0.2) is 0 Å². The first-order valence-electron chi connectivity index (χ1n) is 40.7. The van der Waals surface area contributed by atoms with Crippen molar-refractivity contribution in [1.29, 1.82) is 0 Å². The zero-order valence-electron chi connectivity index (χ0n) is 66.7. The molecule has 0 spiro atoms. The number of anilines is 6. The molecule has 0 fully saturated rings. The number of hydrogen-bond donors (Lipinski definition) is 0. The maximum absolute atomic E-state index is 6.65. The van der Waals surface area contributed by atoms with Gasteiger partial charge in [-0.3, -0.25) is 0 Å². The molecule has 0 aliphatic carbocycles. The molecule has 121 heavy (non-hydrogen) atoms. The van der Waals surface area contributed by atoms with Crippen molar-refractivity contribution in [2.75, 3.05) is 9.80 Å². The Hall–Kier alpha value is -12.2. The van der Waals surface area contributed by atoms with E-state index in [0.29, 0.717) is 0 Å². The number of fused-ring (bicyclic) bond motifs is 7. The Morgan fingerprint density at radius 2 is 0.620 bits per heavy atom. The lowest BCUT2D eigenvalue weighted by molar-refractivity contribution is 0.591. The van der Waals surface area contributed by atoms with Crippen LogP contribution in [0.3, 0.4) is 0 Å². The van der Waals surface area contributed by atoms with Gasteiger partial charge in [0.2, 0.25) is 0 Å². The van der Waals surface area contributed by atoms with Crippen molar-refractivity contribution in [2.45, 2.75) is 33.1 Å². The van der Waals surface area contributed by atoms with Gasteiger partial charge in [0.25, 0.3) is 0 Å². The Kier molecular flexibility index (Phi) is 20.7. The van der Waals surface area contributed by atoms with Crippen LogP contribution in [-0.2, 0) is 5.41 Å². The summed E-state index contributed by atoms with van der Waals surface area (Å²) < 4.78 is 12.4. The molecule has 0 radical (unpaired) electrons. The van der Waals surface area contributed by atoms with E-state index in [-0.39, 0.29) is 5.41 Å². The van der Waals surface area contributed by atoms with Crippen molar-refractivity contribution in [3.63, 3.8) is 0 Å². The average molecular weight is 1880 g/mol. The third kappa shape index (κ3) is 14.1. The minimum atomic E-state index is 0.179. The molecule has 0 unspecified atom stereocenters. The topological polar surface area (TPSA) is 19.6 Å². The highest BCUT2D eigenvalue weighted by Gasteiger charge is 2.27. The van der Waals surface area contributed by atoms with Gasteiger partial charge in [0.05, 0.1) is 28.4 Å². The largest absolute Gasteiger partial charge is 0.454 e. The van der Waals surface area contributed by atoms with Crippen molar-refractivity contribution in [3.05, 3.63) is 428 Å². The van der Waals surface area contributed by atoms with Crippen LogP contribution in [0.4, 0.5) is 34.1 Å². The third-order valence-corrected chi connectivity index (χ3v) is 27.8. The Morgan fingerprint density at radius 3 is 1.15 bits per heavy atom. The lowest BCUT2D eigenvalue weighted by Gasteiger charge is -2.30. The fourth-order valence-corrected chi connectivity index (χ4v) is 20.9. The van der Waals surface area contributed by atoms with E-state index >= 15 is 0 Å². The number of rotatable bonds is 9. The van der Waals surface area contributed by atoms with E-state index in [9.17, 15) is 0 Å². The minimum Gasteiger partial charge on any atom is -0.454 e. The van der Waals surface area contributed by atoms with Crippen LogP contribution in [0.15, 0.2) is 421 Å². The molecule has 0 amide bonds. The van der Waals surface area contributed by atoms with Gasteiger partial charge in [0.1, 0.15) is 5.58 Å². The highest BCUT2D eigenvalue weighted by molar-refractivity contribution is 9.11. The van der Waals surface area contributed by atoms with Gasteiger partial charge in [-0.05, 0) is 251 Å². The minimum absolute atomic E-state index is 0.179. The average Bonchev–Trinajstić information content (AvgIpc) is 1.50. The number of halogens is 5. The predicted octanol–water partition coefficient (Wildman–Crippen LogP) is 36.4. The zero-order chi connectivity index (χ0) is 82.1. The van der Waals surface area contributed by atoms with Crippen molar-refractivity contribution in [2.24, 2.45) is 0 Å². The van der Waals surface area contributed by atoms with Gasteiger partial charge in [-0.2, -0.15) is 0 Å². The summed E-state index contributed by atoms with van der Waals surface area (Å²) in [6, 6.07) is 141. The van der Waals surface area contributed by atoms with E-state index in [1.807, 2.05) is 6.07 Å². The highest BCUT2D eigenvalue weighted by Crippen LogP contribution is 2.53. The fourth-order valence-electron chi connectivity index (χ4n) is 17.9. The Labute approximate surface area is 745 Å². The number of benzene rings is 22. The van der Waals surface area contributed by atoms with Gasteiger partial charge < -0.3 is 14.2 Å². The summed E-state index contributed by atoms with van der Waals surface area (Å²) in [6.07, 6.45) is 0. The Bertz CT molecular complexity index is 7780. The summed E-state index contributed by atoms with van der Waals surface area (Å²) in [5.74, 6) is 0. The summed E-state index contributed by atoms with van der Waals surface area (Å²) in [4.78, 5) is 4.84. The first-order chi connectivity index (χ1) is 59.2. The van der Waals surface area contributed by atoms with Crippen LogP contribution >= 0.6 is 79.6 Å². The molecule has 0 aliphatic rings. The molecule has 0 saturated carbocycles. The van der Waals surface area contributed by atoms with E-state index in [1.165, 1.54) is 160 Å². The molecule has 0 N–H and O–H groups in total. The molecular formula is C113H77Br5N2O. The number of para-hydroxylation sites is 4. The van der Waals surface area contributed by atoms with Crippen LogP contribution < -0.4 is 9.80 Å². The van der Waals surface area contributed by atoms with Crippen LogP contribution in [0.25, 0.3) is 163 Å². The Morgan fingerprint density at radius 1 is 0.240 bits per heavy atom. The highest BCUT2D eigenvalue weighted by atomic mass is 79.9. The second-order valence-electron chi connectivity index (χ2n) is 31.9. The maximum Gasteiger partial charge on any atom is 0.159 e. The summed E-state index contributed by atoms with van der Waals surface area (Å²) in [6.45, 7) is 9.02. The van der Waals surface area contributed by atoms with Crippen LogP contribution in [-0.4, -0.2) is 0 Å².